The van der Waals surface area contributed by atoms with Gasteiger partial charge in [0, 0.05) is 25.2 Å². The number of rotatable bonds is 4. The van der Waals surface area contributed by atoms with Crippen molar-refractivity contribution < 1.29 is 4.74 Å². The standard InChI is InChI=1S/C12H22N2O/c13-8-12(10-4-3-7-15-9-10)14-11-5-1-2-6-11/h1-2,10-12,14H,3-9,13H2. The summed E-state index contributed by atoms with van der Waals surface area (Å²) in [5.41, 5.74) is 5.84. The van der Waals surface area contributed by atoms with Gasteiger partial charge in [-0.2, -0.15) is 0 Å². The van der Waals surface area contributed by atoms with E-state index in [9.17, 15) is 0 Å². The van der Waals surface area contributed by atoms with E-state index in [-0.39, 0.29) is 0 Å². The quantitative estimate of drug-likeness (QED) is 0.682. The van der Waals surface area contributed by atoms with Gasteiger partial charge < -0.3 is 15.8 Å². The Bertz CT molecular complexity index is 204. The van der Waals surface area contributed by atoms with Crippen molar-refractivity contribution in [3.8, 4) is 0 Å². The first-order valence-corrected chi connectivity index (χ1v) is 6.09. The first-order chi connectivity index (χ1) is 7.40. The average molecular weight is 210 g/mol. The fraction of sp³-hybridized carbons (Fsp3) is 0.833. The zero-order valence-electron chi connectivity index (χ0n) is 9.32. The van der Waals surface area contributed by atoms with Crippen molar-refractivity contribution in [2.45, 2.75) is 37.8 Å². The van der Waals surface area contributed by atoms with Gasteiger partial charge >= 0.3 is 0 Å². The molecule has 86 valence electrons. The van der Waals surface area contributed by atoms with Crippen LogP contribution in [0.2, 0.25) is 0 Å². The number of nitrogens with one attached hydrogen (secondary N) is 1. The number of ether oxygens (including phenoxy) is 1. The molecule has 0 aromatic heterocycles. The molecule has 2 unspecified atom stereocenters. The van der Waals surface area contributed by atoms with Crippen molar-refractivity contribution in [2.75, 3.05) is 19.8 Å². The van der Waals surface area contributed by atoms with Crippen LogP contribution in [0.3, 0.4) is 0 Å². The lowest BCUT2D eigenvalue weighted by Gasteiger charge is -2.32. The van der Waals surface area contributed by atoms with Gasteiger partial charge in [-0.15, -0.1) is 0 Å². The molecule has 2 aliphatic rings. The number of nitrogens with two attached hydrogens (primary N) is 1. The molecule has 0 bridgehead atoms. The largest absolute Gasteiger partial charge is 0.381 e. The molecule has 3 N–H and O–H groups in total. The topological polar surface area (TPSA) is 47.3 Å². The van der Waals surface area contributed by atoms with Gasteiger partial charge in [0.15, 0.2) is 0 Å². The molecule has 0 radical (unpaired) electrons. The summed E-state index contributed by atoms with van der Waals surface area (Å²) in [4.78, 5) is 0. The van der Waals surface area contributed by atoms with E-state index in [1.54, 1.807) is 0 Å². The van der Waals surface area contributed by atoms with Gasteiger partial charge in [-0.1, -0.05) is 12.2 Å². The maximum absolute atomic E-state index is 5.84. The van der Waals surface area contributed by atoms with Crippen LogP contribution in [0, 0.1) is 5.92 Å². The van der Waals surface area contributed by atoms with E-state index < -0.39 is 0 Å². The van der Waals surface area contributed by atoms with E-state index in [1.165, 1.54) is 12.8 Å². The van der Waals surface area contributed by atoms with Gasteiger partial charge in [-0.05, 0) is 31.6 Å². The molecule has 0 aromatic rings. The van der Waals surface area contributed by atoms with Gasteiger partial charge in [0.2, 0.25) is 0 Å². The minimum atomic E-state index is 0.440. The van der Waals surface area contributed by atoms with Crippen molar-refractivity contribution in [1.82, 2.24) is 5.32 Å². The maximum atomic E-state index is 5.84. The van der Waals surface area contributed by atoms with E-state index in [4.69, 9.17) is 10.5 Å². The highest BCUT2D eigenvalue weighted by Gasteiger charge is 2.25. The Labute approximate surface area is 92.1 Å². The molecular weight excluding hydrogens is 188 g/mol. The molecule has 2 atom stereocenters. The van der Waals surface area contributed by atoms with E-state index in [0.717, 1.165) is 32.6 Å². The van der Waals surface area contributed by atoms with E-state index in [2.05, 4.69) is 17.5 Å². The SMILES string of the molecule is NCC(NC1CC=CC1)C1CCCOC1. The summed E-state index contributed by atoms with van der Waals surface area (Å²) < 4.78 is 5.52. The summed E-state index contributed by atoms with van der Waals surface area (Å²) in [6.07, 6.45) is 9.26. The van der Waals surface area contributed by atoms with Gasteiger partial charge in [0.05, 0.1) is 6.61 Å². The van der Waals surface area contributed by atoms with Gasteiger partial charge in [-0.3, -0.25) is 0 Å². The second kappa shape index (κ2) is 5.64. The van der Waals surface area contributed by atoms with Crippen LogP contribution in [0.5, 0.6) is 0 Å². The van der Waals surface area contributed by atoms with Crippen LogP contribution in [0.4, 0.5) is 0 Å². The van der Waals surface area contributed by atoms with Gasteiger partial charge in [0.25, 0.3) is 0 Å². The predicted molar refractivity (Wildman–Crippen MR) is 61.7 cm³/mol. The number of hydrogen-bond acceptors (Lipinski definition) is 3. The Morgan fingerprint density at radius 3 is 2.80 bits per heavy atom. The van der Waals surface area contributed by atoms with Crippen molar-refractivity contribution >= 4 is 0 Å². The zero-order chi connectivity index (χ0) is 10.5. The second-order valence-corrected chi connectivity index (χ2v) is 4.63. The fourth-order valence-corrected chi connectivity index (χ4v) is 2.54. The van der Waals surface area contributed by atoms with E-state index in [0.29, 0.717) is 18.0 Å². The molecule has 0 saturated carbocycles. The Kier molecular flexibility index (Phi) is 4.18. The van der Waals surface area contributed by atoms with Gasteiger partial charge in [-0.25, -0.2) is 0 Å². The van der Waals surface area contributed by atoms with Crippen molar-refractivity contribution in [1.29, 1.82) is 0 Å². The highest BCUT2D eigenvalue weighted by atomic mass is 16.5. The third-order valence-electron chi connectivity index (χ3n) is 3.48. The highest BCUT2D eigenvalue weighted by Crippen LogP contribution is 2.19. The molecule has 3 heteroatoms. The second-order valence-electron chi connectivity index (χ2n) is 4.63. The van der Waals surface area contributed by atoms with Crippen LogP contribution >= 0.6 is 0 Å². The van der Waals surface area contributed by atoms with Crippen molar-refractivity contribution in [3.63, 3.8) is 0 Å². The lowest BCUT2D eigenvalue weighted by atomic mass is 9.93. The van der Waals surface area contributed by atoms with Crippen molar-refractivity contribution in [2.24, 2.45) is 11.7 Å². The molecule has 1 fully saturated rings. The summed E-state index contributed by atoms with van der Waals surface area (Å²) >= 11 is 0. The lowest BCUT2D eigenvalue weighted by molar-refractivity contribution is 0.0389. The third-order valence-corrected chi connectivity index (χ3v) is 3.48. The minimum absolute atomic E-state index is 0.440. The molecular formula is C12H22N2O. The molecule has 1 aliphatic heterocycles. The lowest BCUT2D eigenvalue weighted by Crippen LogP contribution is -2.48. The summed E-state index contributed by atoms with van der Waals surface area (Å²) in [6.45, 7) is 2.54. The number of hydrogen-bond donors (Lipinski definition) is 2. The van der Waals surface area contributed by atoms with E-state index in [1.807, 2.05) is 0 Å². The Balaban J connectivity index is 1.79. The molecule has 1 heterocycles. The average Bonchev–Trinajstić information content (AvgIpc) is 2.80. The maximum Gasteiger partial charge on any atom is 0.0509 e. The smallest absolute Gasteiger partial charge is 0.0509 e. The van der Waals surface area contributed by atoms with Crippen LogP contribution in [-0.4, -0.2) is 31.8 Å². The predicted octanol–water partition coefficient (Wildman–Crippen LogP) is 1.05. The summed E-state index contributed by atoms with van der Waals surface area (Å²) in [5.74, 6) is 0.615. The normalized spacial score (nSPS) is 29.5. The molecule has 1 saturated heterocycles. The van der Waals surface area contributed by atoms with Gasteiger partial charge in [0.1, 0.15) is 0 Å². The first kappa shape index (κ1) is 11.1. The summed E-state index contributed by atoms with van der Waals surface area (Å²) in [7, 11) is 0. The molecule has 0 spiro atoms. The Morgan fingerprint density at radius 2 is 2.20 bits per heavy atom. The molecule has 1 aliphatic carbocycles. The Hall–Kier alpha value is -0.380. The molecule has 0 aromatic carbocycles. The summed E-state index contributed by atoms with van der Waals surface area (Å²) in [5, 5.41) is 3.67. The van der Waals surface area contributed by atoms with Crippen LogP contribution in [0.15, 0.2) is 12.2 Å². The molecule has 0 amide bonds. The van der Waals surface area contributed by atoms with E-state index >= 15 is 0 Å². The van der Waals surface area contributed by atoms with Crippen LogP contribution < -0.4 is 11.1 Å². The fourth-order valence-electron chi connectivity index (χ4n) is 2.54. The molecule has 2 rings (SSSR count). The zero-order valence-corrected chi connectivity index (χ0v) is 9.32. The van der Waals surface area contributed by atoms with Crippen molar-refractivity contribution in [3.05, 3.63) is 12.2 Å². The minimum Gasteiger partial charge on any atom is -0.381 e. The molecule has 3 nitrogen and oxygen atoms in total. The van der Waals surface area contributed by atoms with Crippen LogP contribution in [0.25, 0.3) is 0 Å². The molecule has 15 heavy (non-hydrogen) atoms. The van der Waals surface area contributed by atoms with Crippen LogP contribution in [0.1, 0.15) is 25.7 Å². The Morgan fingerprint density at radius 1 is 1.40 bits per heavy atom. The van der Waals surface area contributed by atoms with Crippen LogP contribution in [-0.2, 0) is 4.74 Å². The summed E-state index contributed by atoms with van der Waals surface area (Å²) in [6, 6.07) is 1.05. The third kappa shape index (κ3) is 3.03. The monoisotopic (exact) mass is 210 g/mol. The highest BCUT2D eigenvalue weighted by molar-refractivity contribution is 4.99. The first-order valence-electron chi connectivity index (χ1n) is 6.09.